The zero-order chi connectivity index (χ0) is 8.10. The molecule has 2 N–H and O–H groups in total. The van der Waals surface area contributed by atoms with Gasteiger partial charge in [0.2, 0.25) is 5.91 Å². The van der Waals surface area contributed by atoms with Crippen molar-refractivity contribution in [2.75, 3.05) is 13.1 Å². The lowest BCUT2D eigenvalue weighted by atomic mass is 10.2. The van der Waals surface area contributed by atoms with Crippen LogP contribution >= 0.6 is 0 Å². The molecule has 1 unspecified atom stereocenters. The van der Waals surface area contributed by atoms with Crippen LogP contribution in [0.1, 0.15) is 26.2 Å². The van der Waals surface area contributed by atoms with Crippen LogP contribution in [0.4, 0.5) is 0 Å². The summed E-state index contributed by atoms with van der Waals surface area (Å²) < 4.78 is 0. The first-order valence-corrected chi connectivity index (χ1v) is 4.33. The van der Waals surface area contributed by atoms with Gasteiger partial charge in [-0.2, -0.15) is 0 Å². The van der Waals surface area contributed by atoms with Gasteiger partial charge in [-0.05, 0) is 6.42 Å². The Morgan fingerprint density at radius 2 is 2.45 bits per heavy atom. The predicted molar refractivity (Wildman–Crippen MR) is 44.3 cm³/mol. The van der Waals surface area contributed by atoms with Gasteiger partial charge in [-0.25, -0.2) is 0 Å². The van der Waals surface area contributed by atoms with Crippen LogP contribution in [-0.4, -0.2) is 25.0 Å². The topological polar surface area (TPSA) is 41.1 Å². The largest absolute Gasteiger partial charge is 0.354 e. The third-order valence-electron chi connectivity index (χ3n) is 1.97. The average molecular weight is 156 g/mol. The molecule has 1 fully saturated rings. The lowest BCUT2D eigenvalue weighted by molar-refractivity contribution is -0.120. The maximum Gasteiger partial charge on any atom is 0.221 e. The van der Waals surface area contributed by atoms with Gasteiger partial charge in [0.1, 0.15) is 0 Å². The molecule has 1 aliphatic heterocycles. The highest BCUT2D eigenvalue weighted by molar-refractivity contribution is 5.76. The molecule has 0 aromatic rings. The normalized spacial score (nSPS) is 25.9. The van der Waals surface area contributed by atoms with E-state index in [1.54, 1.807) is 0 Å². The third-order valence-corrected chi connectivity index (χ3v) is 1.97. The molecular weight excluding hydrogens is 140 g/mol. The van der Waals surface area contributed by atoms with Crippen molar-refractivity contribution < 1.29 is 4.79 Å². The molecule has 1 heterocycles. The fourth-order valence-corrected chi connectivity index (χ4v) is 1.34. The Bertz CT molecular complexity index is 136. The molecule has 11 heavy (non-hydrogen) atoms. The average Bonchev–Trinajstić information content (AvgIpc) is 2.17. The summed E-state index contributed by atoms with van der Waals surface area (Å²) in [5, 5.41) is 6.21. The number of hydrogen-bond acceptors (Lipinski definition) is 2. The van der Waals surface area contributed by atoms with Crippen molar-refractivity contribution in [1.29, 1.82) is 0 Å². The molecule has 1 rings (SSSR count). The highest BCUT2D eigenvalue weighted by Crippen LogP contribution is 1.98. The van der Waals surface area contributed by atoms with E-state index in [4.69, 9.17) is 0 Å². The molecular formula is C8H16N2O. The molecule has 1 aliphatic rings. The number of amides is 1. The summed E-state index contributed by atoms with van der Waals surface area (Å²) in [5.41, 5.74) is 0. The van der Waals surface area contributed by atoms with E-state index in [9.17, 15) is 4.79 Å². The fraction of sp³-hybridized carbons (Fsp3) is 0.875. The number of carbonyl (C=O) groups is 1. The number of hydrogen-bond donors (Lipinski definition) is 2. The number of carbonyl (C=O) groups excluding carboxylic acids is 1. The molecule has 0 saturated carbocycles. The van der Waals surface area contributed by atoms with Gasteiger partial charge in [-0.3, -0.25) is 4.79 Å². The summed E-state index contributed by atoms with van der Waals surface area (Å²) in [6, 6.07) is 0.492. The summed E-state index contributed by atoms with van der Waals surface area (Å²) in [6.07, 6.45) is 2.95. The minimum Gasteiger partial charge on any atom is -0.354 e. The molecule has 1 atom stereocenters. The highest BCUT2D eigenvalue weighted by atomic mass is 16.1. The number of nitrogens with one attached hydrogen (secondary N) is 2. The molecule has 0 spiro atoms. The van der Waals surface area contributed by atoms with Crippen molar-refractivity contribution in [2.45, 2.75) is 32.2 Å². The first kappa shape index (κ1) is 8.53. The van der Waals surface area contributed by atoms with Gasteiger partial charge in [0.05, 0.1) is 0 Å². The molecule has 0 aromatic heterocycles. The van der Waals surface area contributed by atoms with Crippen molar-refractivity contribution in [1.82, 2.24) is 10.6 Å². The van der Waals surface area contributed by atoms with Crippen LogP contribution in [0.15, 0.2) is 0 Å². The zero-order valence-electron chi connectivity index (χ0n) is 7.02. The van der Waals surface area contributed by atoms with Gasteiger partial charge >= 0.3 is 0 Å². The highest BCUT2D eigenvalue weighted by Gasteiger charge is 2.12. The van der Waals surface area contributed by atoms with Crippen LogP contribution in [0.25, 0.3) is 0 Å². The minimum absolute atomic E-state index is 0.177. The summed E-state index contributed by atoms with van der Waals surface area (Å²) in [4.78, 5) is 10.9. The van der Waals surface area contributed by atoms with Gasteiger partial charge in [0.15, 0.2) is 0 Å². The first-order chi connectivity index (χ1) is 5.33. The van der Waals surface area contributed by atoms with E-state index >= 15 is 0 Å². The predicted octanol–water partition coefficient (Wildman–Crippen LogP) is 0.265. The molecule has 0 bridgehead atoms. The first-order valence-electron chi connectivity index (χ1n) is 4.33. The van der Waals surface area contributed by atoms with Crippen LogP contribution in [-0.2, 0) is 4.79 Å². The van der Waals surface area contributed by atoms with Crippen LogP contribution in [0.3, 0.4) is 0 Å². The van der Waals surface area contributed by atoms with Gasteiger partial charge in [0, 0.05) is 25.6 Å². The Morgan fingerprint density at radius 3 is 3.18 bits per heavy atom. The second kappa shape index (κ2) is 4.34. The van der Waals surface area contributed by atoms with E-state index in [-0.39, 0.29) is 5.91 Å². The van der Waals surface area contributed by atoms with Gasteiger partial charge in [-0.15, -0.1) is 0 Å². The lowest BCUT2D eigenvalue weighted by Gasteiger charge is -2.13. The Hall–Kier alpha value is -0.570. The van der Waals surface area contributed by atoms with Crippen molar-refractivity contribution >= 4 is 5.91 Å². The van der Waals surface area contributed by atoms with Gasteiger partial charge in [-0.1, -0.05) is 13.3 Å². The van der Waals surface area contributed by atoms with E-state index in [1.165, 1.54) is 6.42 Å². The van der Waals surface area contributed by atoms with Crippen molar-refractivity contribution in [3.05, 3.63) is 0 Å². The molecule has 64 valence electrons. The van der Waals surface area contributed by atoms with E-state index in [0.29, 0.717) is 12.5 Å². The molecule has 0 radical (unpaired) electrons. The standard InChI is InChI=1S/C8H16N2O/c1-2-3-7-6-10-8(11)4-5-9-7/h7,9H,2-6H2,1H3,(H,10,11). The van der Waals surface area contributed by atoms with E-state index in [0.717, 1.165) is 19.5 Å². The SMILES string of the molecule is CCCC1CNC(=O)CCN1. The summed E-state index contributed by atoms with van der Waals surface area (Å²) >= 11 is 0. The fourth-order valence-electron chi connectivity index (χ4n) is 1.34. The lowest BCUT2D eigenvalue weighted by Crippen LogP contribution is -2.35. The molecule has 0 aromatic carbocycles. The molecule has 1 amide bonds. The van der Waals surface area contributed by atoms with E-state index in [1.807, 2.05) is 0 Å². The molecule has 1 saturated heterocycles. The molecule has 0 aliphatic carbocycles. The minimum atomic E-state index is 0.177. The Kier molecular flexibility index (Phi) is 3.36. The summed E-state index contributed by atoms with van der Waals surface area (Å²) in [5.74, 6) is 0.177. The number of rotatable bonds is 2. The van der Waals surface area contributed by atoms with Crippen molar-refractivity contribution in [3.8, 4) is 0 Å². The molecule has 3 heteroatoms. The van der Waals surface area contributed by atoms with E-state index in [2.05, 4.69) is 17.6 Å². The summed E-state index contributed by atoms with van der Waals surface area (Å²) in [6.45, 7) is 3.79. The Balaban J connectivity index is 2.28. The zero-order valence-corrected chi connectivity index (χ0v) is 7.02. The van der Waals surface area contributed by atoms with Crippen LogP contribution in [0, 0.1) is 0 Å². The van der Waals surface area contributed by atoms with Crippen LogP contribution in [0.5, 0.6) is 0 Å². The van der Waals surface area contributed by atoms with Gasteiger partial charge in [0.25, 0.3) is 0 Å². The third kappa shape index (κ3) is 2.89. The maximum absolute atomic E-state index is 10.9. The Labute approximate surface area is 67.5 Å². The second-order valence-electron chi connectivity index (χ2n) is 2.99. The quantitative estimate of drug-likeness (QED) is 0.602. The van der Waals surface area contributed by atoms with E-state index < -0.39 is 0 Å². The van der Waals surface area contributed by atoms with Crippen LogP contribution < -0.4 is 10.6 Å². The smallest absolute Gasteiger partial charge is 0.221 e. The second-order valence-corrected chi connectivity index (χ2v) is 2.99. The summed E-state index contributed by atoms with van der Waals surface area (Å²) in [7, 11) is 0. The van der Waals surface area contributed by atoms with Gasteiger partial charge < -0.3 is 10.6 Å². The monoisotopic (exact) mass is 156 g/mol. The van der Waals surface area contributed by atoms with Crippen molar-refractivity contribution in [3.63, 3.8) is 0 Å². The molecule has 3 nitrogen and oxygen atoms in total. The van der Waals surface area contributed by atoms with Crippen LogP contribution in [0.2, 0.25) is 0 Å². The maximum atomic E-state index is 10.9. The Morgan fingerprint density at radius 1 is 1.64 bits per heavy atom. The van der Waals surface area contributed by atoms with Crippen molar-refractivity contribution in [2.24, 2.45) is 0 Å².